The number of hydrogen-bond donors (Lipinski definition) is 1. The number of rotatable bonds is 4. The van der Waals surface area contributed by atoms with Gasteiger partial charge < -0.3 is 5.11 Å². The molecule has 3 rings (SSSR count). The van der Waals surface area contributed by atoms with E-state index in [1.807, 2.05) is 0 Å². The highest BCUT2D eigenvalue weighted by molar-refractivity contribution is 5.31. The van der Waals surface area contributed by atoms with Crippen molar-refractivity contribution in [2.75, 3.05) is 6.54 Å². The van der Waals surface area contributed by atoms with E-state index in [9.17, 15) is 5.11 Å². The van der Waals surface area contributed by atoms with Gasteiger partial charge in [-0.1, -0.05) is 62.4 Å². The molecular weight excluding hydrogens is 258 g/mol. The Bertz CT molecular complexity index is 578. The summed E-state index contributed by atoms with van der Waals surface area (Å²) < 4.78 is 0. The second-order valence-electron chi connectivity index (χ2n) is 6.28. The van der Waals surface area contributed by atoms with Crippen LogP contribution in [0.15, 0.2) is 48.5 Å². The molecule has 1 unspecified atom stereocenters. The van der Waals surface area contributed by atoms with E-state index in [0.29, 0.717) is 12.5 Å². The van der Waals surface area contributed by atoms with Crippen molar-refractivity contribution in [2.45, 2.75) is 39.0 Å². The van der Waals surface area contributed by atoms with E-state index in [1.54, 1.807) is 0 Å². The van der Waals surface area contributed by atoms with Gasteiger partial charge in [-0.15, -0.1) is 0 Å². The molecular formula is C19H23NO. The van der Waals surface area contributed by atoms with E-state index >= 15 is 0 Å². The predicted octanol–water partition coefficient (Wildman–Crippen LogP) is 3.86. The van der Waals surface area contributed by atoms with Crippen LogP contribution in [-0.4, -0.2) is 16.6 Å². The normalized spacial score (nSPS) is 16.2. The molecule has 0 radical (unpaired) electrons. The Kier molecular flexibility index (Phi) is 4.09. The highest BCUT2D eigenvalue weighted by Gasteiger charge is 2.21. The SMILES string of the molecule is CC(C)c1ccc(C(O)CN2Cc3ccccc3C2)cc1. The maximum Gasteiger partial charge on any atom is 0.0917 e. The molecule has 0 saturated heterocycles. The van der Waals surface area contributed by atoms with Crippen LogP contribution >= 0.6 is 0 Å². The van der Waals surface area contributed by atoms with Gasteiger partial charge in [-0.2, -0.15) is 0 Å². The van der Waals surface area contributed by atoms with Gasteiger partial charge in [-0.25, -0.2) is 0 Å². The van der Waals surface area contributed by atoms with Gasteiger partial charge in [-0.3, -0.25) is 4.90 Å². The van der Waals surface area contributed by atoms with Gasteiger partial charge in [0.05, 0.1) is 6.10 Å². The van der Waals surface area contributed by atoms with Crippen molar-refractivity contribution in [3.63, 3.8) is 0 Å². The number of benzene rings is 2. The molecule has 1 N–H and O–H groups in total. The fourth-order valence-corrected chi connectivity index (χ4v) is 2.99. The van der Waals surface area contributed by atoms with E-state index in [1.165, 1.54) is 16.7 Å². The van der Waals surface area contributed by atoms with Crippen LogP contribution < -0.4 is 0 Å². The molecule has 2 nitrogen and oxygen atoms in total. The average molecular weight is 281 g/mol. The smallest absolute Gasteiger partial charge is 0.0917 e. The first-order valence-electron chi connectivity index (χ1n) is 7.70. The summed E-state index contributed by atoms with van der Waals surface area (Å²) in [7, 11) is 0. The minimum absolute atomic E-state index is 0.416. The quantitative estimate of drug-likeness (QED) is 0.920. The lowest BCUT2D eigenvalue weighted by Crippen LogP contribution is -2.23. The lowest BCUT2D eigenvalue weighted by molar-refractivity contribution is 0.112. The third-order valence-corrected chi connectivity index (χ3v) is 4.33. The van der Waals surface area contributed by atoms with Crippen LogP contribution in [0.2, 0.25) is 0 Å². The topological polar surface area (TPSA) is 23.5 Å². The number of nitrogens with zero attached hydrogens (tertiary/aromatic N) is 1. The van der Waals surface area contributed by atoms with Crippen LogP contribution in [0, 0.1) is 0 Å². The summed E-state index contributed by atoms with van der Waals surface area (Å²) in [5.74, 6) is 0.532. The van der Waals surface area contributed by atoms with Crippen LogP contribution in [-0.2, 0) is 13.1 Å². The minimum atomic E-state index is -0.416. The fraction of sp³-hybridized carbons (Fsp3) is 0.368. The molecule has 21 heavy (non-hydrogen) atoms. The lowest BCUT2D eigenvalue weighted by Gasteiger charge is -2.20. The van der Waals surface area contributed by atoms with Crippen molar-refractivity contribution in [3.8, 4) is 0 Å². The molecule has 1 aliphatic heterocycles. The van der Waals surface area contributed by atoms with E-state index in [4.69, 9.17) is 0 Å². The van der Waals surface area contributed by atoms with Crippen LogP contribution in [0.25, 0.3) is 0 Å². The number of hydrogen-bond acceptors (Lipinski definition) is 2. The summed E-state index contributed by atoms with van der Waals surface area (Å²) in [6.07, 6.45) is -0.416. The van der Waals surface area contributed by atoms with Gasteiger partial charge in [-0.05, 0) is 28.2 Å². The number of fused-ring (bicyclic) bond motifs is 1. The molecule has 2 heteroatoms. The molecule has 0 aliphatic carbocycles. The Morgan fingerprint density at radius 2 is 1.43 bits per heavy atom. The minimum Gasteiger partial charge on any atom is -0.387 e. The first-order valence-corrected chi connectivity index (χ1v) is 7.70. The highest BCUT2D eigenvalue weighted by atomic mass is 16.3. The summed E-state index contributed by atoms with van der Waals surface area (Å²) in [5, 5.41) is 10.4. The predicted molar refractivity (Wildman–Crippen MR) is 86.0 cm³/mol. The van der Waals surface area contributed by atoms with Crippen molar-refractivity contribution in [3.05, 3.63) is 70.8 Å². The number of β-amino-alcohol motifs (C(OH)–C–C–N with tert-alkyl or cyclic N) is 1. The van der Waals surface area contributed by atoms with Gasteiger partial charge >= 0.3 is 0 Å². The molecule has 110 valence electrons. The Labute approximate surface area is 127 Å². The maximum absolute atomic E-state index is 10.4. The summed E-state index contributed by atoms with van der Waals surface area (Å²) >= 11 is 0. The summed E-state index contributed by atoms with van der Waals surface area (Å²) in [5.41, 5.74) is 5.11. The van der Waals surface area contributed by atoms with Gasteiger partial charge in [0.1, 0.15) is 0 Å². The van der Waals surface area contributed by atoms with Gasteiger partial charge in [0, 0.05) is 19.6 Å². The molecule has 2 aromatic carbocycles. The zero-order valence-corrected chi connectivity index (χ0v) is 12.8. The van der Waals surface area contributed by atoms with Crippen molar-refractivity contribution in [1.82, 2.24) is 4.90 Å². The summed E-state index contributed by atoms with van der Waals surface area (Å²) in [4.78, 5) is 2.31. The molecule has 0 fully saturated rings. The highest BCUT2D eigenvalue weighted by Crippen LogP contribution is 2.25. The molecule has 0 saturated carbocycles. The zero-order valence-electron chi connectivity index (χ0n) is 12.8. The summed E-state index contributed by atoms with van der Waals surface area (Å²) in [6.45, 7) is 6.95. The largest absolute Gasteiger partial charge is 0.387 e. The molecule has 2 aromatic rings. The third kappa shape index (κ3) is 3.17. The van der Waals surface area contributed by atoms with Gasteiger partial charge in [0.2, 0.25) is 0 Å². The first kappa shape index (κ1) is 14.3. The van der Waals surface area contributed by atoms with Crippen molar-refractivity contribution in [1.29, 1.82) is 0 Å². The van der Waals surface area contributed by atoms with Crippen LogP contribution in [0.3, 0.4) is 0 Å². The van der Waals surface area contributed by atoms with Gasteiger partial charge in [0.25, 0.3) is 0 Å². The fourth-order valence-electron chi connectivity index (χ4n) is 2.99. The molecule has 1 heterocycles. The second kappa shape index (κ2) is 6.00. The molecule has 0 aromatic heterocycles. The molecule has 0 amide bonds. The van der Waals surface area contributed by atoms with Crippen LogP contribution in [0.4, 0.5) is 0 Å². The summed E-state index contributed by atoms with van der Waals surface area (Å²) in [6, 6.07) is 16.9. The molecule has 1 atom stereocenters. The van der Waals surface area contributed by atoms with E-state index in [0.717, 1.165) is 18.7 Å². The van der Waals surface area contributed by atoms with Crippen molar-refractivity contribution >= 4 is 0 Å². The lowest BCUT2D eigenvalue weighted by atomic mass is 10.00. The zero-order chi connectivity index (χ0) is 14.8. The van der Waals surface area contributed by atoms with E-state index in [2.05, 4.69) is 67.3 Å². The van der Waals surface area contributed by atoms with Crippen molar-refractivity contribution < 1.29 is 5.11 Å². The Balaban J connectivity index is 1.63. The Morgan fingerprint density at radius 1 is 0.905 bits per heavy atom. The number of aliphatic hydroxyl groups excluding tert-OH is 1. The monoisotopic (exact) mass is 281 g/mol. The van der Waals surface area contributed by atoms with Crippen LogP contribution in [0.5, 0.6) is 0 Å². The molecule has 1 aliphatic rings. The van der Waals surface area contributed by atoms with Crippen molar-refractivity contribution in [2.24, 2.45) is 0 Å². The van der Waals surface area contributed by atoms with E-state index < -0.39 is 6.10 Å². The first-order chi connectivity index (χ1) is 10.1. The molecule has 0 spiro atoms. The van der Waals surface area contributed by atoms with Crippen LogP contribution in [0.1, 0.15) is 48.1 Å². The third-order valence-electron chi connectivity index (χ3n) is 4.33. The standard InChI is InChI=1S/C19H23NO/c1-14(2)15-7-9-16(10-8-15)19(21)13-20-11-17-5-3-4-6-18(17)12-20/h3-10,14,19,21H,11-13H2,1-2H3. The average Bonchev–Trinajstić information content (AvgIpc) is 2.89. The maximum atomic E-state index is 10.4. The Morgan fingerprint density at radius 3 is 1.95 bits per heavy atom. The number of aliphatic hydroxyl groups is 1. The van der Waals surface area contributed by atoms with Gasteiger partial charge in [0.15, 0.2) is 0 Å². The van der Waals surface area contributed by atoms with E-state index in [-0.39, 0.29) is 0 Å². The Hall–Kier alpha value is -1.64. The molecule has 0 bridgehead atoms. The second-order valence-corrected chi connectivity index (χ2v) is 6.28.